The number of hydrogen-bond donors (Lipinski definition) is 1. The van der Waals surface area contributed by atoms with Crippen LogP contribution in [0.15, 0.2) is 54.7 Å². The number of aliphatic carboxylic acids is 1. The Bertz CT molecular complexity index is 1020. The fraction of sp³-hybridized carbons (Fsp3) is 0.292. The SMILES string of the molecule is CCOc1nc(OCc2cccc(-c3ccccc3)c2C)ncc1CN(C)CC(=O)O. The largest absolute Gasteiger partial charge is 0.480 e. The molecule has 31 heavy (non-hydrogen) atoms. The van der Waals surface area contributed by atoms with Crippen molar-refractivity contribution >= 4 is 5.97 Å². The first-order valence-electron chi connectivity index (χ1n) is 10.1. The van der Waals surface area contributed by atoms with Gasteiger partial charge in [-0.15, -0.1) is 0 Å². The van der Waals surface area contributed by atoms with Gasteiger partial charge in [-0.3, -0.25) is 9.69 Å². The number of aromatic nitrogens is 2. The van der Waals surface area contributed by atoms with Gasteiger partial charge in [0.15, 0.2) is 0 Å². The van der Waals surface area contributed by atoms with Crippen molar-refractivity contribution in [3.05, 3.63) is 71.4 Å². The van der Waals surface area contributed by atoms with Gasteiger partial charge < -0.3 is 14.6 Å². The van der Waals surface area contributed by atoms with Gasteiger partial charge in [0, 0.05) is 18.3 Å². The fourth-order valence-electron chi connectivity index (χ4n) is 3.31. The lowest BCUT2D eigenvalue weighted by atomic mass is 9.97. The van der Waals surface area contributed by atoms with Crippen molar-refractivity contribution in [1.82, 2.24) is 14.9 Å². The molecule has 0 aliphatic carbocycles. The number of rotatable bonds is 10. The number of likely N-dealkylation sites (N-methyl/N-ethyl adjacent to an activating group) is 1. The molecule has 162 valence electrons. The maximum atomic E-state index is 10.9. The summed E-state index contributed by atoms with van der Waals surface area (Å²) < 4.78 is 11.5. The minimum atomic E-state index is -0.894. The minimum absolute atomic E-state index is 0.0825. The van der Waals surface area contributed by atoms with Gasteiger partial charge in [-0.2, -0.15) is 4.98 Å². The summed E-state index contributed by atoms with van der Waals surface area (Å²) in [4.78, 5) is 21.2. The molecular formula is C24H27N3O4. The molecule has 0 radical (unpaired) electrons. The molecule has 7 nitrogen and oxygen atoms in total. The number of hydrogen-bond acceptors (Lipinski definition) is 6. The summed E-state index contributed by atoms with van der Waals surface area (Å²) in [7, 11) is 1.72. The van der Waals surface area contributed by atoms with Gasteiger partial charge in [0.05, 0.1) is 13.2 Å². The van der Waals surface area contributed by atoms with Crippen molar-refractivity contribution in [2.75, 3.05) is 20.2 Å². The lowest BCUT2D eigenvalue weighted by molar-refractivity contribution is -0.138. The van der Waals surface area contributed by atoms with Crippen LogP contribution in [0, 0.1) is 6.92 Å². The summed E-state index contributed by atoms with van der Waals surface area (Å²) in [6.45, 7) is 4.99. The van der Waals surface area contributed by atoms with Crippen molar-refractivity contribution in [2.24, 2.45) is 0 Å². The smallest absolute Gasteiger partial charge is 0.320 e. The Morgan fingerprint density at radius 2 is 1.84 bits per heavy atom. The van der Waals surface area contributed by atoms with E-state index in [2.05, 4.69) is 35.1 Å². The monoisotopic (exact) mass is 421 g/mol. The minimum Gasteiger partial charge on any atom is -0.480 e. The highest BCUT2D eigenvalue weighted by Gasteiger charge is 2.14. The van der Waals surface area contributed by atoms with Crippen LogP contribution in [0.3, 0.4) is 0 Å². The van der Waals surface area contributed by atoms with Crippen molar-refractivity contribution in [3.63, 3.8) is 0 Å². The predicted molar refractivity (Wildman–Crippen MR) is 118 cm³/mol. The third-order valence-corrected chi connectivity index (χ3v) is 4.82. The summed E-state index contributed by atoms with van der Waals surface area (Å²) in [6, 6.07) is 16.6. The zero-order chi connectivity index (χ0) is 22.2. The van der Waals surface area contributed by atoms with Gasteiger partial charge in [-0.1, -0.05) is 48.5 Å². The average molecular weight is 421 g/mol. The van der Waals surface area contributed by atoms with Gasteiger partial charge in [0.1, 0.15) is 6.61 Å². The first-order chi connectivity index (χ1) is 15.0. The van der Waals surface area contributed by atoms with E-state index in [1.54, 1.807) is 18.1 Å². The molecule has 1 N–H and O–H groups in total. The molecule has 0 amide bonds. The lowest BCUT2D eigenvalue weighted by Gasteiger charge is -2.17. The van der Waals surface area contributed by atoms with Crippen LogP contribution >= 0.6 is 0 Å². The van der Waals surface area contributed by atoms with Crippen LogP contribution < -0.4 is 9.47 Å². The Balaban J connectivity index is 1.74. The van der Waals surface area contributed by atoms with Crippen LogP contribution in [0.25, 0.3) is 11.1 Å². The Kier molecular flexibility index (Phi) is 7.56. The lowest BCUT2D eigenvalue weighted by Crippen LogP contribution is -2.25. The van der Waals surface area contributed by atoms with Gasteiger partial charge in [0.25, 0.3) is 0 Å². The quantitative estimate of drug-likeness (QED) is 0.531. The Morgan fingerprint density at radius 1 is 1.06 bits per heavy atom. The third kappa shape index (κ3) is 6.02. The number of carboxylic acid groups (broad SMARTS) is 1. The summed E-state index contributed by atoms with van der Waals surface area (Å²) >= 11 is 0. The Hall–Kier alpha value is -3.45. The van der Waals surface area contributed by atoms with E-state index in [0.717, 1.165) is 22.3 Å². The predicted octanol–water partition coefficient (Wildman–Crippen LogP) is 3.95. The van der Waals surface area contributed by atoms with Crippen LogP contribution in [0.2, 0.25) is 0 Å². The van der Waals surface area contributed by atoms with Gasteiger partial charge in [-0.05, 0) is 43.1 Å². The number of carboxylic acids is 1. The van der Waals surface area contributed by atoms with Crippen molar-refractivity contribution < 1.29 is 19.4 Å². The first kappa shape index (κ1) is 22.2. The highest BCUT2D eigenvalue weighted by molar-refractivity contribution is 5.69. The second kappa shape index (κ2) is 10.5. The molecule has 0 spiro atoms. The second-order valence-electron chi connectivity index (χ2n) is 7.23. The van der Waals surface area contributed by atoms with Crippen LogP contribution in [0.5, 0.6) is 11.9 Å². The van der Waals surface area contributed by atoms with E-state index in [-0.39, 0.29) is 12.6 Å². The van der Waals surface area contributed by atoms with Crippen molar-refractivity contribution in [1.29, 1.82) is 0 Å². The molecule has 0 saturated heterocycles. The summed E-state index contributed by atoms with van der Waals surface area (Å²) in [5, 5.41) is 8.95. The van der Waals surface area contributed by atoms with E-state index in [4.69, 9.17) is 14.6 Å². The Morgan fingerprint density at radius 3 is 2.55 bits per heavy atom. The number of carbonyl (C=O) groups is 1. The van der Waals surface area contributed by atoms with Crippen LogP contribution in [0.4, 0.5) is 0 Å². The maximum Gasteiger partial charge on any atom is 0.320 e. The zero-order valence-corrected chi connectivity index (χ0v) is 18.0. The molecular weight excluding hydrogens is 394 g/mol. The molecule has 0 atom stereocenters. The standard InChI is InChI=1S/C24H27N3O4/c1-4-30-23-20(14-27(3)15-22(28)29)13-25-24(26-23)31-16-19-11-8-12-21(17(19)2)18-9-6-5-7-10-18/h5-13H,4,14-16H2,1-3H3,(H,28,29). The molecule has 7 heteroatoms. The molecule has 0 unspecified atom stereocenters. The summed E-state index contributed by atoms with van der Waals surface area (Å²) in [5.74, 6) is -0.492. The van der Waals surface area contributed by atoms with E-state index < -0.39 is 5.97 Å². The highest BCUT2D eigenvalue weighted by atomic mass is 16.5. The third-order valence-electron chi connectivity index (χ3n) is 4.82. The van der Waals surface area contributed by atoms with E-state index in [1.807, 2.05) is 37.3 Å². The second-order valence-corrected chi connectivity index (χ2v) is 7.23. The van der Waals surface area contributed by atoms with Crippen molar-refractivity contribution in [3.8, 4) is 23.0 Å². The summed E-state index contributed by atoms with van der Waals surface area (Å²) in [6.07, 6.45) is 1.62. The van der Waals surface area contributed by atoms with Crippen LogP contribution in [-0.2, 0) is 17.9 Å². The van der Waals surface area contributed by atoms with Crippen LogP contribution in [-0.4, -0.2) is 46.1 Å². The van der Waals surface area contributed by atoms with Crippen molar-refractivity contribution in [2.45, 2.75) is 27.0 Å². The zero-order valence-electron chi connectivity index (χ0n) is 18.0. The highest BCUT2D eigenvalue weighted by Crippen LogP contribution is 2.26. The van der Waals surface area contributed by atoms with E-state index in [0.29, 0.717) is 31.2 Å². The van der Waals surface area contributed by atoms with Gasteiger partial charge in [-0.25, -0.2) is 4.98 Å². The molecule has 0 fully saturated rings. The maximum absolute atomic E-state index is 10.9. The normalized spacial score (nSPS) is 10.8. The summed E-state index contributed by atoms with van der Waals surface area (Å²) in [5.41, 5.74) is 5.22. The molecule has 2 aromatic carbocycles. The molecule has 3 aromatic rings. The molecule has 0 saturated carbocycles. The fourth-order valence-corrected chi connectivity index (χ4v) is 3.31. The number of benzene rings is 2. The van der Waals surface area contributed by atoms with Gasteiger partial charge in [0.2, 0.25) is 5.88 Å². The molecule has 3 rings (SSSR count). The molecule has 0 aliphatic heterocycles. The first-order valence-corrected chi connectivity index (χ1v) is 10.1. The van der Waals surface area contributed by atoms with E-state index in [9.17, 15) is 4.79 Å². The molecule has 1 heterocycles. The molecule has 1 aromatic heterocycles. The number of ether oxygens (including phenoxy) is 2. The van der Waals surface area contributed by atoms with Crippen LogP contribution in [0.1, 0.15) is 23.6 Å². The van der Waals surface area contributed by atoms with E-state index in [1.165, 1.54) is 0 Å². The number of nitrogens with zero attached hydrogens (tertiary/aromatic N) is 3. The topological polar surface area (TPSA) is 84.8 Å². The average Bonchev–Trinajstić information content (AvgIpc) is 2.75. The van der Waals surface area contributed by atoms with E-state index >= 15 is 0 Å². The molecule has 0 bridgehead atoms. The Labute approximate surface area is 182 Å². The van der Waals surface area contributed by atoms with Gasteiger partial charge >= 0.3 is 12.0 Å². The molecule has 0 aliphatic rings.